The van der Waals surface area contributed by atoms with E-state index < -0.39 is 59.9 Å². The summed E-state index contributed by atoms with van der Waals surface area (Å²) < 4.78 is 32.6. The average Bonchev–Trinajstić information content (AvgIpc) is 4.23. The summed E-state index contributed by atoms with van der Waals surface area (Å²) in [6, 6.07) is 18.2. The van der Waals surface area contributed by atoms with Crippen molar-refractivity contribution in [1.29, 1.82) is 0 Å². The van der Waals surface area contributed by atoms with Gasteiger partial charge in [-0.1, -0.05) is 39.1 Å². The quantitative estimate of drug-likeness (QED) is 0.0571. The van der Waals surface area contributed by atoms with E-state index in [0.29, 0.717) is 53.3 Å². The van der Waals surface area contributed by atoms with Crippen LogP contribution in [0.1, 0.15) is 74.2 Å². The Labute approximate surface area is 494 Å². The first kappa shape index (κ1) is 62.4. The third kappa shape index (κ3) is 14.5. The summed E-state index contributed by atoms with van der Waals surface area (Å²) in [4.78, 5) is 127. The van der Waals surface area contributed by atoms with Crippen molar-refractivity contribution in [3.8, 4) is 22.3 Å². The van der Waals surface area contributed by atoms with Crippen LogP contribution in [0.3, 0.4) is 0 Å². The van der Waals surface area contributed by atoms with Crippen LogP contribution in [-0.2, 0) is 54.7 Å². The molecular formula is C56H55Br2F2N15O9. The largest absolute Gasteiger partial charge is 0.481 e. The number of primary amides is 1. The van der Waals surface area contributed by atoms with E-state index >= 15 is 0 Å². The molecule has 8 heterocycles. The Morgan fingerprint density at radius 1 is 0.595 bits per heavy atom. The minimum absolute atomic E-state index is 0. The van der Waals surface area contributed by atoms with Crippen molar-refractivity contribution in [2.75, 3.05) is 23.7 Å². The van der Waals surface area contributed by atoms with Gasteiger partial charge in [-0.15, -0.1) is 0 Å². The molecular weight excluding hydrogens is 1220 g/mol. The van der Waals surface area contributed by atoms with Crippen molar-refractivity contribution >= 4 is 112 Å². The zero-order valence-electron chi connectivity index (χ0n) is 43.4. The number of hydrogen-bond donors (Lipinski definition) is 4. The van der Waals surface area contributed by atoms with Gasteiger partial charge in [-0.3, -0.25) is 47.7 Å². The maximum absolute atomic E-state index is 14.4. The fourth-order valence-electron chi connectivity index (χ4n) is 9.39. The monoisotopic (exact) mass is 1280 g/mol. The van der Waals surface area contributed by atoms with Crippen molar-refractivity contribution in [1.82, 2.24) is 59.3 Å². The summed E-state index contributed by atoms with van der Waals surface area (Å²) >= 11 is 6.47. The van der Waals surface area contributed by atoms with Gasteiger partial charge in [-0.05, 0) is 91.5 Å². The number of carbonyl (C=O) groups excluding carboxylic acids is 7. The minimum Gasteiger partial charge on any atom is -0.481 e. The predicted molar refractivity (Wildman–Crippen MR) is 310 cm³/mol. The summed E-state index contributed by atoms with van der Waals surface area (Å²) in [7, 11) is 0. The van der Waals surface area contributed by atoms with E-state index in [1.165, 1.54) is 45.4 Å². The number of ketones is 2. The van der Waals surface area contributed by atoms with Crippen molar-refractivity contribution in [2.24, 2.45) is 5.73 Å². The van der Waals surface area contributed by atoms with Crippen molar-refractivity contribution in [2.45, 2.75) is 91.9 Å². The van der Waals surface area contributed by atoms with Crippen LogP contribution in [0.5, 0.6) is 0 Å². The number of nitrogens with one attached hydrogen (secondary N) is 2. The van der Waals surface area contributed by atoms with Gasteiger partial charge in [0.25, 0.3) is 0 Å². The SMILES string of the molecule is C.C.CC(=O)c1nn(CC(=O)N2C[C@H](F)C[C@H]2C(=O)Nc2cccc(Br)n2)c2ccc(-c3cnc(CC(=O)O)nc3)cc12.CC(=O)c1nn(CC(=O)N2C[C@H](F)C[C@H]2C(=O)Nc2cccc(Br)n2)c2ccc(-c3cnc(CC(N)=O)nc3)cc12. The number of nitrogens with zero attached hydrogens (tertiary/aromatic N) is 12. The second-order valence-electron chi connectivity index (χ2n) is 19.0. The average molecular weight is 1280 g/mol. The number of fused-ring (bicyclic) bond motifs is 2. The van der Waals surface area contributed by atoms with Gasteiger partial charge in [0.1, 0.15) is 87.8 Å². The van der Waals surface area contributed by atoms with Crippen LogP contribution in [0.2, 0.25) is 0 Å². The maximum atomic E-state index is 14.4. The molecule has 2 saturated heterocycles. The molecule has 2 fully saturated rings. The molecule has 2 aliphatic heterocycles. The van der Waals surface area contributed by atoms with Crippen LogP contribution in [0.25, 0.3) is 44.1 Å². The number of carboxylic acid groups (broad SMARTS) is 1. The zero-order chi connectivity index (χ0) is 58.5. The van der Waals surface area contributed by atoms with Crippen LogP contribution in [0.15, 0.2) is 107 Å². The Balaban J connectivity index is 0.000000235. The Kier molecular flexibility index (Phi) is 19.9. The number of hydrogen-bond acceptors (Lipinski definition) is 16. The van der Waals surface area contributed by atoms with Crippen LogP contribution in [0.4, 0.5) is 20.4 Å². The first-order chi connectivity index (χ1) is 39.2. The van der Waals surface area contributed by atoms with Gasteiger partial charge in [0, 0.05) is 73.4 Å². The molecule has 6 aromatic heterocycles. The highest BCUT2D eigenvalue weighted by atomic mass is 79.9. The molecule has 0 radical (unpaired) electrons. The van der Waals surface area contributed by atoms with Gasteiger partial charge in [-0.2, -0.15) is 10.2 Å². The fraction of sp³-hybridized carbons (Fsp3) is 0.286. The Bertz CT molecular complexity index is 3600. The third-order valence-electron chi connectivity index (χ3n) is 13.1. The number of rotatable bonds is 16. The third-order valence-corrected chi connectivity index (χ3v) is 14.0. The lowest BCUT2D eigenvalue weighted by atomic mass is 10.0. The first-order valence-corrected chi connectivity index (χ1v) is 26.7. The van der Waals surface area contributed by atoms with Gasteiger partial charge < -0.3 is 31.3 Å². The van der Waals surface area contributed by atoms with Gasteiger partial charge in [0.05, 0.1) is 30.5 Å². The smallest absolute Gasteiger partial charge is 0.311 e. The number of Topliss-reactive ketones (excluding diaryl/α,β-unsaturated/α-hetero) is 2. The van der Waals surface area contributed by atoms with E-state index in [4.69, 9.17) is 10.8 Å². The molecule has 4 atom stereocenters. The van der Waals surface area contributed by atoms with E-state index in [0.717, 1.165) is 0 Å². The molecule has 436 valence electrons. The number of likely N-dealkylation sites (tertiary alicyclic amines) is 2. The highest BCUT2D eigenvalue weighted by Crippen LogP contribution is 2.31. The van der Waals surface area contributed by atoms with Crippen LogP contribution in [-0.4, -0.2) is 149 Å². The van der Waals surface area contributed by atoms with Crippen LogP contribution >= 0.6 is 31.9 Å². The van der Waals surface area contributed by atoms with Gasteiger partial charge in [-0.25, -0.2) is 38.7 Å². The number of alkyl halides is 2. The number of nitrogens with two attached hydrogens (primary N) is 1. The maximum Gasteiger partial charge on any atom is 0.311 e. The summed E-state index contributed by atoms with van der Waals surface area (Å²) in [5.74, 6) is -3.39. The molecule has 5 amide bonds. The Morgan fingerprint density at radius 2 is 0.988 bits per heavy atom. The predicted octanol–water partition coefficient (Wildman–Crippen LogP) is 6.79. The molecule has 84 heavy (non-hydrogen) atoms. The summed E-state index contributed by atoms with van der Waals surface area (Å²) in [6.45, 7) is 1.62. The van der Waals surface area contributed by atoms with E-state index in [9.17, 15) is 47.1 Å². The number of aliphatic carboxylic acids is 1. The molecule has 10 rings (SSSR count). The van der Waals surface area contributed by atoms with Crippen LogP contribution in [0, 0.1) is 0 Å². The number of carboxylic acids is 1. The van der Waals surface area contributed by atoms with E-state index in [-0.39, 0.29) is 113 Å². The summed E-state index contributed by atoms with van der Waals surface area (Å²) in [5, 5.41) is 23.9. The van der Waals surface area contributed by atoms with Crippen molar-refractivity contribution < 1.29 is 52.2 Å². The molecule has 28 heteroatoms. The molecule has 2 aliphatic rings. The molecule has 2 aromatic carbocycles. The zero-order valence-corrected chi connectivity index (χ0v) is 46.5. The topological polar surface area (TPSA) is 326 Å². The summed E-state index contributed by atoms with van der Waals surface area (Å²) in [5.41, 5.74) is 9.06. The number of pyridine rings is 2. The highest BCUT2D eigenvalue weighted by Gasteiger charge is 2.42. The molecule has 0 unspecified atom stereocenters. The Hall–Kier alpha value is -9.18. The van der Waals surface area contributed by atoms with Gasteiger partial charge >= 0.3 is 5.97 Å². The highest BCUT2D eigenvalue weighted by molar-refractivity contribution is 9.10. The number of benzene rings is 2. The fourth-order valence-corrected chi connectivity index (χ4v) is 10.1. The van der Waals surface area contributed by atoms with Gasteiger partial charge in [0.2, 0.25) is 29.5 Å². The standard InChI is InChI=1S/C27H24BrFN8O4.C27H23BrFN7O5.2CH4/c1-14(38)26-18-7-15(16-10-31-24(32-11-16)9-22(30)39)5-6-19(18)37(35-26)13-25(40)36-12-17(29)8-20(36)27(41)34-23-4-2-3-21(28)33-23;1-14(37)26-18-7-15(16-10-30-23(31-11-16)9-25(39)40)5-6-19(18)36(34-26)13-24(38)35-12-17(29)8-20(35)27(41)33-22-4-2-3-21(28)32-22;;/h2-7,10-11,17,20H,8-9,12-13H2,1H3,(H2,30,39)(H,33,34,41);2-7,10-11,17,20H,8-9,12-13H2,1H3,(H,39,40)(H,32,33,41);2*1H4/t2*17-,20+;;/m11../s1. The minimum atomic E-state index is -1.38. The number of amides is 5. The Morgan fingerprint density at radius 3 is 1.35 bits per heavy atom. The second-order valence-corrected chi connectivity index (χ2v) is 20.7. The molecule has 0 aliphatic carbocycles. The van der Waals surface area contributed by atoms with Gasteiger partial charge in [0.15, 0.2) is 11.6 Å². The van der Waals surface area contributed by atoms with Crippen molar-refractivity contribution in [3.05, 3.63) is 130 Å². The lowest BCUT2D eigenvalue weighted by Gasteiger charge is -2.23. The van der Waals surface area contributed by atoms with Crippen LogP contribution < -0.4 is 16.4 Å². The molecule has 8 aromatic rings. The normalized spacial score (nSPS) is 16.2. The number of carbonyl (C=O) groups is 8. The van der Waals surface area contributed by atoms with E-state index in [1.807, 2.05) is 0 Å². The second kappa shape index (κ2) is 26.8. The molecule has 0 saturated carbocycles. The number of halogens is 4. The molecule has 5 N–H and O–H groups in total. The molecule has 24 nitrogen and oxygen atoms in total. The summed E-state index contributed by atoms with van der Waals surface area (Å²) in [6.07, 6.45) is 2.63. The number of anilines is 2. The first-order valence-electron chi connectivity index (χ1n) is 25.1. The van der Waals surface area contributed by atoms with Crippen molar-refractivity contribution in [3.63, 3.8) is 0 Å². The van der Waals surface area contributed by atoms with E-state index in [1.54, 1.807) is 85.2 Å². The lowest BCUT2D eigenvalue weighted by Crippen LogP contribution is -2.44. The molecule has 0 spiro atoms. The lowest BCUT2D eigenvalue weighted by molar-refractivity contribution is -0.137. The molecule has 0 bridgehead atoms. The number of aromatic nitrogens is 10. The van der Waals surface area contributed by atoms with E-state index in [2.05, 4.69) is 82.6 Å².